The van der Waals surface area contributed by atoms with Crippen LogP contribution in [0.3, 0.4) is 0 Å². The molecule has 0 aliphatic carbocycles. The van der Waals surface area contributed by atoms with Gasteiger partial charge in [0.05, 0.1) is 17.6 Å². The Morgan fingerprint density at radius 1 is 1.04 bits per heavy atom. The predicted octanol–water partition coefficient (Wildman–Crippen LogP) is 2.32. The number of pyridine rings is 1. The van der Waals surface area contributed by atoms with Gasteiger partial charge in [-0.3, -0.25) is 19.7 Å². The summed E-state index contributed by atoms with van der Waals surface area (Å²) >= 11 is 0. The smallest absolute Gasteiger partial charge is 0.254 e. The first-order valence-electron chi connectivity index (χ1n) is 7.86. The Bertz CT molecular complexity index is 869. The van der Waals surface area contributed by atoms with Crippen molar-refractivity contribution < 1.29 is 9.53 Å². The van der Waals surface area contributed by atoms with E-state index in [2.05, 4.69) is 15.0 Å². The average molecular weight is 320 g/mol. The molecule has 1 aromatic carbocycles. The fraction of sp³-hybridized carbons (Fsp3) is 0.222. The van der Waals surface area contributed by atoms with Gasteiger partial charge in [0.2, 0.25) is 0 Å². The summed E-state index contributed by atoms with van der Waals surface area (Å²) in [6, 6.07) is 9.08. The summed E-state index contributed by atoms with van der Waals surface area (Å²) in [5, 5.41) is 0. The second-order valence-electron chi connectivity index (χ2n) is 5.72. The minimum Gasteiger partial charge on any atom is -0.488 e. The van der Waals surface area contributed by atoms with Gasteiger partial charge in [-0.05, 0) is 30.3 Å². The van der Waals surface area contributed by atoms with Crippen LogP contribution in [0.5, 0.6) is 5.75 Å². The number of hydrogen-bond acceptors (Lipinski definition) is 5. The number of benzene rings is 1. The highest BCUT2D eigenvalue weighted by atomic mass is 16.5. The summed E-state index contributed by atoms with van der Waals surface area (Å²) in [4.78, 5) is 27.0. The lowest BCUT2D eigenvalue weighted by atomic mass is 10.1. The first-order valence-corrected chi connectivity index (χ1v) is 7.86. The number of fused-ring (bicyclic) bond motifs is 1. The molecule has 3 aromatic rings. The number of carbonyl (C=O) groups is 1. The number of rotatable bonds is 3. The Labute approximate surface area is 139 Å². The number of aromatic nitrogens is 3. The molecular formula is C18H16N4O2. The van der Waals surface area contributed by atoms with Crippen molar-refractivity contribution in [2.24, 2.45) is 0 Å². The molecule has 24 heavy (non-hydrogen) atoms. The van der Waals surface area contributed by atoms with Crippen LogP contribution in [0.25, 0.3) is 11.0 Å². The third-order valence-electron chi connectivity index (χ3n) is 4.10. The first kappa shape index (κ1) is 14.6. The van der Waals surface area contributed by atoms with Gasteiger partial charge in [-0.1, -0.05) is 0 Å². The Morgan fingerprint density at radius 3 is 2.67 bits per heavy atom. The summed E-state index contributed by atoms with van der Waals surface area (Å²) < 4.78 is 5.91. The number of likely N-dealkylation sites (tertiary alicyclic amines) is 1. The monoisotopic (exact) mass is 320 g/mol. The molecule has 0 N–H and O–H groups in total. The number of amides is 1. The summed E-state index contributed by atoms with van der Waals surface area (Å²) in [6.45, 7) is 1.27. The zero-order valence-corrected chi connectivity index (χ0v) is 13.0. The molecule has 0 spiro atoms. The fourth-order valence-electron chi connectivity index (χ4n) is 2.90. The lowest BCUT2D eigenvalue weighted by Gasteiger charge is -2.17. The Morgan fingerprint density at radius 2 is 1.83 bits per heavy atom. The SMILES string of the molecule is O=C(c1ccc2nccnc2c1)N1CC[C@@H](Oc2ccncc2)C1. The van der Waals surface area contributed by atoms with Crippen LogP contribution in [-0.2, 0) is 0 Å². The van der Waals surface area contributed by atoms with Gasteiger partial charge >= 0.3 is 0 Å². The molecule has 0 unspecified atom stereocenters. The number of nitrogens with zero attached hydrogens (tertiary/aromatic N) is 4. The maximum Gasteiger partial charge on any atom is 0.254 e. The van der Waals surface area contributed by atoms with E-state index in [4.69, 9.17) is 4.74 Å². The van der Waals surface area contributed by atoms with Crippen LogP contribution in [0.15, 0.2) is 55.1 Å². The molecule has 0 radical (unpaired) electrons. The van der Waals surface area contributed by atoms with E-state index in [9.17, 15) is 4.79 Å². The first-order chi connectivity index (χ1) is 11.8. The Balaban J connectivity index is 1.46. The molecule has 1 aliphatic heterocycles. The van der Waals surface area contributed by atoms with Crippen molar-refractivity contribution >= 4 is 16.9 Å². The van der Waals surface area contributed by atoms with E-state index >= 15 is 0 Å². The predicted molar refractivity (Wildman–Crippen MR) is 88.7 cm³/mol. The molecule has 6 heteroatoms. The second-order valence-corrected chi connectivity index (χ2v) is 5.72. The molecule has 1 aliphatic rings. The van der Waals surface area contributed by atoms with E-state index < -0.39 is 0 Å². The van der Waals surface area contributed by atoms with E-state index in [0.29, 0.717) is 18.7 Å². The maximum absolute atomic E-state index is 12.7. The zero-order valence-electron chi connectivity index (χ0n) is 13.0. The molecule has 120 valence electrons. The summed E-state index contributed by atoms with van der Waals surface area (Å²) in [7, 11) is 0. The van der Waals surface area contributed by atoms with E-state index in [0.717, 1.165) is 23.2 Å². The molecule has 6 nitrogen and oxygen atoms in total. The van der Waals surface area contributed by atoms with Crippen molar-refractivity contribution in [2.75, 3.05) is 13.1 Å². The molecule has 0 bridgehead atoms. The standard InChI is InChI=1S/C18H16N4O2/c23-18(13-1-2-16-17(11-13)21-9-8-20-16)22-10-5-15(12-22)24-14-3-6-19-7-4-14/h1-4,6-9,11,15H,5,10,12H2/t15-/m1/s1. The van der Waals surface area contributed by atoms with Crippen LogP contribution in [-0.4, -0.2) is 45.0 Å². The van der Waals surface area contributed by atoms with Crippen LogP contribution in [0.1, 0.15) is 16.8 Å². The van der Waals surface area contributed by atoms with Crippen molar-refractivity contribution in [3.63, 3.8) is 0 Å². The van der Waals surface area contributed by atoms with Crippen molar-refractivity contribution in [3.8, 4) is 5.75 Å². The largest absolute Gasteiger partial charge is 0.488 e. The summed E-state index contributed by atoms with van der Waals surface area (Å²) in [5.41, 5.74) is 2.15. The number of ether oxygens (including phenoxy) is 1. The molecular weight excluding hydrogens is 304 g/mol. The number of hydrogen-bond donors (Lipinski definition) is 0. The minimum absolute atomic E-state index is 0.00313. The second kappa shape index (κ2) is 6.23. The normalized spacial score (nSPS) is 17.2. The lowest BCUT2D eigenvalue weighted by Crippen LogP contribution is -2.30. The highest BCUT2D eigenvalue weighted by molar-refractivity contribution is 5.97. The van der Waals surface area contributed by atoms with Gasteiger partial charge in [-0.15, -0.1) is 0 Å². The van der Waals surface area contributed by atoms with E-state index in [-0.39, 0.29) is 12.0 Å². The zero-order chi connectivity index (χ0) is 16.4. The van der Waals surface area contributed by atoms with Gasteiger partial charge in [-0.2, -0.15) is 0 Å². The van der Waals surface area contributed by atoms with Gasteiger partial charge < -0.3 is 9.64 Å². The highest BCUT2D eigenvalue weighted by Crippen LogP contribution is 2.20. The Kier molecular flexibility index (Phi) is 3.78. The molecule has 1 saturated heterocycles. The quantitative estimate of drug-likeness (QED) is 0.741. The van der Waals surface area contributed by atoms with E-state index in [1.54, 1.807) is 36.9 Å². The van der Waals surface area contributed by atoms with E-state index in [1.165, 1.54) is 0 Å². The number of carbonyl (C=O) groups excluding carboxylic acids is 1. The summed E-state index contributed by atoms with van der Waals surface area (Å²) in [5.74, 6) is 0.786. The van der Waals surface area contributed by atoms with Crippen LogP contribution in [0, 0.1) is 0 Å². The van der Waals surface area contributed by atoms with Crippen molar-refractivity contribution in [1.82, 2.24) is 19.9 Å². The van der Waals surface area contributed by atoms with Crippen molar-refractivity contribution in [1.29, 1.82) is 0 Å². The third kappa shape index (κ3) is 2.90. The molecule has 2 aromatic heterocycles. The van der Waals surface area contributed by atoms with Gasteiger partial charge in [0.25, 0.3) is 5.91 Å². The van der Waals surface area contributed by atoms with Crippen LogP contribution in [0.4, 0.5) is 0 Å². The van der Waals surface area contributed by atoms with Gasteiger partial charge in [0.1, 0.15) is 11.9 Å². The Hall–Kier alpha value is -3.02. The van der Waals surface area contributed by atoms with Crippen LogP contribution >= 0.6 is 0 Å². The maximum atomic E-state index is 12.7. The van der Waals surface area contributed by atoms with Crippen LogP contribution in [0.2, 0.25) is 0 Å². The third-order valence-corrected chi connectivity index (χ3v) is 4.10. The van der Waals surface area contributed by atoms with Gasteiger partial charge in [0.15, 0.2) is 0 Å². The van der Waals surface area contributed by atoms with E-state index in [1.807, 2.05) is 23.1 Å². The van der Waals surface area contributed by atoms with Crippen molar-refractivity contribution in [2.45, 2.75) is 12.5 Å². The lowest BCUT2D eigenvalue weighted by molar-refractivity contribution is 0.0772. The van der Waals surface area contributed by atoms with Gasteiger partial charge in [0, 0.05) is 43.3 Å². The molecule has 1 fully saturated rings. The molecule has 0 saturated carbocycles. The average Bonchev–Trinajstić information content (AvgIpc) is 3.10. The molecule has 4 rings (SSSR count). The molecule has 1 amide bonds. The van der Waals surface area contributed by atoms with Crippen molar-refractivity contribution in [3.05, 3.63) is 60.7 Å². The summed E-state index contributed by atoms with van der Waals surface area (Å²) in [6.07, 6.45) is 7.50. The molecule has 1 atom stereocenters. The topological polar surface area (TPSA) is 68.2 Å². The highest BCUT2D eigenvalue weighted by Gasteiger charge is 2.28. The van der Waals surface area contributed by atoms with Crippen LogP contribution < -0.4 is 4.74 Å². The van der Waals surface area contributed by atoms with Gasteiger partial charge in [-0.25, -0.2) is 0 Å². The minimum atomic E-state index is 0.00313. The molecule has 3 heterocycles. The fourth-order valence-corrected chi connectivity index (χ4v) is 2.90.